The lowest BCUT2D eigenvalue weighted by Gasteiger charge is -2.09. The molecule has 0 aliphatic heterocycles. The van der Waals surface area contributed by atoms with E-state index in [1.54, 1.807) is 22.7 Å². The molecule has 7 nitrogen and oxygen atoms in total. The number of nitrogens with one attached hydrogen (secondary N) is 1. The van der Waals surface area contributed by atoms with Gasteiger partial charge in [0.05, 0.1) is 18.0 Å². The smallest absolute Gasteiger partial charge is 0.219 e. The van der Waals surface area contributed by atoms with Gasteiger partial charge in [0, 0.05) is 38.1 Å². The van der Waals surface area contributed by atoms with Crippen LogP contribution in [0.25, 0.3) is 16.9 Å². The third kappa shape index (κ3) is 7.32. The molecule has 5 rings (SSSR count). The van der Waals surface area contributed by atoms with E-state index in [4.69, 9.17) is 14.7 Å². The quantitative estimate of drug-likeness (QED) is 0.159. The molecule has 0 unspecified atom stereocenters. The second kappa shape index (κ2) is 13.8. The maximum Gasteiger partial charge on any atom is 0.219 e. The minimum Gasteiger partial charge on any atom is -0.493 e. The van der Waals surface area contributed by atoms with E-state index >= 15 is 0 Å². The number of fused-ring (bicyclic) bond motifs is 1. The van der Waals surface area contributed by atoms with Crippen LogP contribution < -0.4 is 10.1 Å². The monoisotopic (exact) mass is 566 g/mol. The highest BCUT2D eigenvalue weighted by molar-refractivity contribution is 5.72. The van der Waals surface area contributed by atoms with E-state index in [1.165, 1.54) is 13.0 Å². The van der Waals surface area contributed by atoms with Crippen molar-refractivity contribution in [2.24, 2.45) is 0 Å². The maximum atomic E-state index is 14.9. The standard InChI is InChI=1S/C34H35FN4O3/c1-24(40)36-18-10-2-3-11-19-42-32-17-16-26(20-28(32)35)22-30-34(41)39-23-31(27-14-8-5-9-15-27)37-29(33(39)38-30)21-25-12-6-4-7-13-25/h4-9,12-17,20,23,41H,2-3,10-11,18-19,21-22H2,1H3,(H,36,40). The molecule has 0 atom stereocenters. The fraction of sp³-hybridized carbons (Fsp3) is 0.265. The molecule has 42 heavy (non-hydrogen) atoms. The number of halogens is 1. The van der Waals surface area contributed by atoms with Crippen LogP contribution in [-0.4, -0.2) is 38.5 Å². The summed E-state index contributed by atoms with van der Waals surface area (Å²) in [6, 6.07) is 24.7. The first kappa shape index (κ1) is 28.8. The third-order valence-corrected chi connectivity index (χ3v) is 7.07. The average molecular weight is 567 g/mol. The average Bonchev–Trinajstić information content (AvgIpc) is 3.31. The third-order valence-electron chi connectivity index (χ3n) is 7.07. The van der Waals surface area contributed by atoms with Gasteiger partial charge in [0.1, 0.15) is 5.69 Å². The Labute approximate surface area is 245 Å². The Morgan fingerprint density at radius 2 is 1.60 bits per heavy atom. The Morgan fingerprint density at radius 1 is 0.881 bits per heavy atom. The summed E-state index contributed by atoms with van der Waals surface area (Å²) in [7, 11) is 0. The molecule has 0 radical (unpaired) electrons. The fourth-order valence-corrected chi connectivity index (χ4v) is 4.91. The van der Waals surface area contributed by atoms with Gasteiger partial charge in [0.25, 0.3) is 0 Å². The number of ether oxygens (including phenoxy) is 1. The van der Waals surface area contributed by atoms with Crippen LogP contribution in [0, 0.1) is 5.82 Å². The van der Waals surface area contributed by atoms with Gasteiger partial charge in [-0.3, -0.25) is 9.20 Å². The fourth-order valence-electron chi connectivity index (χ4n) is 4.91. The maximum absolute atomic E-state index is 14.9. The summed E-state index contributed by atoms with van der Waals surface area (Å²) in [4.78, 5) is 20.6. The highest BCUT2D eigenvalue weighted by Gasteiger charge is 2.18. The molecule has 8 heteroatoms. The van der Waals surface area contributed by atoms with Gasteiger partial charge >= 0.3 is 0 Å². The van der Waals surface area contributed by atoms with Gasteiger partial charge in [-0.05, 0) is 36.1 Å². The van der Waals surface area contributed by atoms with Crippen molar-refractivity contribution in [3.8, 4) is 22.9 Å². The first-order valence-corrected chi connectivity index (χ1v) is 14.3. The summed E-state index contributed by atoms with van der Waals surface area (Å²) in [5.41, 5.74) is 5.20. The second-order valence-electron chi connectivity index (χ2n) is 10.4. The normalized spacial score (nSPS) is 11.1. The number of carbonyl (C=O) groups is 1. The lowest BCUT2D eigenvalue weighted by molar-refractivity contribution is -0.118. The Bertz CT molecular complexity index is 1640. The highest BCUT2D eigenvalue weighted by Crippen LogP contribution is 2.29. The van der Waals surface area contributed by atoms with Crippen LogP contribution in [0.3, 0.4) is 0 Å². The van der Waals surface area contributed by atoms with Gasteiger partial charge < -0.3 is 15.2 Å². The van der Waals surface area contributed by atoms with E-state index in [0.717, 1.165) is 48.2 Å². The van der Waals surface area contributed by atoms with Crippen LogP contribution >= 0.6 is 0 Å². The number of benzene rings is 3. The largest absolute Gasteiger partial charge is 0.493 e. The van der Waals surface area contributed by atoms with Crippen molar-refractivity contribution in [1.29, 1.82) is 0 Å². The van der Waals surface area contributed by atoms with Gasteiger partial charge in [-0.15, -0.1) is 0 Å². The van der Waals surface area contributed by atoms with Crippen LogP contribution in [0.1, 0.15) is 55.1 Å². The first-order valence-electron chi connectivity index (χ1n) is 14.3. The molecule has 0 spiro atoms. The number of aromatic nitrogens is 3. The van der Waals surface area contributed by atoms with Gasteiger partial charge in [0.15, 0.2) is 17.2 Å². The van der Waals surface area contributed by atoms with Crippen molar-refractivity contribution >= 4 is 11.6 Å². The van der Waals surface area contributed by atoms with Crippen LogP contribution in [0.5, 0.6) is 11.6 Å². The number of rotatable bonds is 13. The molecule has 0 saturated heterocycles. The molecular formula is C34H35FN4O3. The topological polar surface area (TPSA) is 88.8 Å². The van der Waals surface area contributed by atoms with Crippen LogP contribution in [0.2, 0.25) is 0 Å². The summed E-state index contributed by atoms with van der Waals surface area (Å²) < 4.78 is 22.2. The second-order valence-corrected chi connectivity index (χ2v) is 10.4. The Kier molecular flexibility index (Phi) is 9.44. The Hall–Kier alpha value is -4.72. The number of amides is 1. The van der Waals surface area contributed by atoms with Gasteiger partial charge in [-0.1, -0.05) is 79.6 Å². The highest BCUT2D eigenvalue weighted by atomic mass is 19.1. The Balaban J connectivity index is 1.30. The number of unbranched alkanes of at least 4 members (excludes halogenated alkanes) is 3. The predicted octanol–water partition coefficient (Wildman–Crippen LogP) is 6.50. The van der Waals surface area contributed by atoms with E-state index in [-0.39, 0.29) is 24.0 Å². The van der Waals surface area contributed by atoms with E-state index in [9.17, 15) is 14.3 Å². The summed E-state index contributed by atoms with van der Waals surface area (Å²) in [5, 5.41) is 14.0. The molecule has 0 aliphatic rings. The number of aromatic hydroxyl groups is 1. The number of hydrogen-bond acceptors (Lipinski definition) is 5. The minimum absolute atomic E-state index is 0.0122. The lowest BCUT2D eigenvalue weighted by atomic mass is 10.1. The molecule has 2 aromatic heterocycles. The predicted molar refractivity (Wildman–Crippen MR) is 161 cm³/mol. The molecule has 1 amide bonds. The van der Waals surface area contributed by atoms with Gasteiger partial charge in [-0.25, -0.2) is 14.4 Å². The number of imidazole rings is 1. The first-order chi connectivity index (χ1) is 20.5. The SMILES string of the molecule is CC(=O)NCCCCCCOc1ccc(Cc2nc3c(Cc4ccccc4)nc(-c4ccccc4)cn3c2O)cc1F. The number of nitrogens with zero attached hydrogens (tertiary/aromatic N) is 3. The molecule has 0 saturated carbocycles. The Morgan fingerprint density at radius 3 is 2.33 bits per heavy atom. The molecule has 2 N–H and O–H groups in total. The van der Waals surface area contributed by atoms with E-state index in [0.29, 0.717) is 36.5 Å². The zero-order chi connectivity index (χ0) is 29.3. The minimum atomic E-state index is -0.445. The van der Waals surface area contributed by atoms with Crippen molar-refractivity contribution < 1.29 is 19.0 Å². The van der Waals surface area contributed by atoms with Crippen LogP contribution in [0.4, 0.5) is 4.39 Å². The molecule has 216 valence electrons. The van der Waals surface area contributed by atoms with Crippen molar-refractivity contribution in [3.05, 3.63) is 113 Å². The summed E-state index contributed by atoms with van der Waals surface area (Å²) in [6.07, 6.45) is 6.24. The van der Waals surface area contributed by atoms with E-state index < -0.39 is 5.82 Å². The van der Waals surface area contributed by atoms with E-state index in [2.05, 4.69) is 5.32 Å². The summed E-state index contributed by atoms with van der Waals surface area (Å²) in [5.74, 6) is -0.244. The lowest BCUT2D eigenvalue weighted by Crippen LogP contribution is -2.20. The van der Waals surface area contributed by atoms with Gasteiger partial charge in [-0.2, -0.15) is 0 Å². The number of hydrogen-bond donors (Lipinski definition) is 2. The molecule has 5 aromatic rings. The zero-order valence-corrected chi connectivity index (χ0v) is 23.7. The van der Waals surface area contributed by atoms with Crippen molar-refractivity contribution in [1.82, 2.24) is 19.7 Å². The van der Waals surface area contributed by atoms with Crippen molar-refractivity contribution in [2.45, 2.75) is 45.4 Å². The molecule has 0 bridgehead atoms. The zero-order valence-electron chi connectivity index (χ0n) is 23.7. The van der Waals surface area contributed by atoms with Crippen LogP contribution in [-0.2, 0) is 17.6 Å². The molecule has 2 heterocycles. The molecule has 0 aliphatic carbocycles. The van der Waals surface area contributed by atoms with Gasteiger partial charge in [0.2, 0.25) is 11.8 Å². The van der Waals surface area contributed by atoms with E-state index in [1.807, 2.05) is 60.7 Å². The summed E-state index contributed by atoms with van der Waals surface area (Å²) >= 11 is 0. The number of carbonyl (C=O) groups excluding carboxylic acids is 1. The van der Waals surface area contributed by atoms with Crippen molar-refractivity contribution in [2.75, 3.05) is 13.2 Å². The molecular weight excluding hydrogens is 531 g/mol. The van der Waals surface area contributed by atoms with Crippen LogP contribution in [0.15, 0.2) is 85.1 Å². The summed E-state index contributed by atoms with van der Waals surface area (Å²) in [6.45, 7) is 2.60. The molecule has 3 aromatic carbocycles. The van der Waals surface area contributed by atoms with Crippen molar-refractivity contribution in [3.63, 3.8) is 0 Å². The molecule has 0 fully saturated rings.